The first kappa shape index (κ1) is 14.6. The van der Waals surface area contributed by atoms with E-state index in [9.17, 15) is 4.79 Å². The fraction of sp³-hybridized carbons (Fsp3) is 0.474. The van der Waals surface area contributed by atoms with Crippen LogP contribution in [0.4, 0.5) is 0 Å². The lowest BCUT2D eigenvalue weighted by atomic mass is 10.1. The summed E-state index contributed by atoms with van der Waals surface area (Å²) in [4.78, 5) is 14.5. The van der Waals surface area contributed by atoms with Crippen LogP contribution in [-0.4, -0.2) is 33.8 Å². The van der Waals surface area contributed by atoms with Gasteiger partial charge < -0.3 is 4.90 Å². The van der Waals surface area contributed by atoms with Crippen molar-refractivity contribution in [1.82, 2.24) is 14.7 Å². The highest BCUT2D eigenvalue weighted by Gasteiger charge is 2.40. The highest BCUT2D eigenvalue weighted by molar-refractivity contribution is 5.37. The molecule has 23 heavy (non-hydrogen) atoms. The third-order valence-corrected chi connectivity index (χ3v) is 5.36. The molecule has 4 heteroatoms. The van der Waals surface area contributed by atoms with E-state index in [1.807, 2.05) is 12.1 Å². The normalized spacial score (nSPS) is 27.3. The van der Waals surface area contributed by atoms with Crippen molar-refractivity contribution in [2.45, 2.75) is 38.1 Å². The Morgan fingerprint density at radius 3 is 2.74 bits per heavy atom. The first-order valence-corrected chi connectivity index (χ1v) is 8.61. The molecule has 0 bridgehead atoms. The lowest BCUT2D eigenvalue weighted by Crippen LogP contribution is -2.29. The quantitative estimate of drug-likeness (QED) is 0.871. The molecule has 0 N–H and O–H groups in total. The van der Waals surface area contributed by atoms with Gasteiger partial charge in [0.2, 0.25) is 0 Å². The zero-order chi connectivity index (χ0) is 15.8. The third kappa shape index (κ3) is 2.95. The van der Waals surface area contributed by atoms with Gasteiger partial charge in [-0.2, -0.15) is 9.78 Å². The Bertz CT molecular complexity index is 737. The van der Waals surface area contributed by atoms with Gasteiger partial charge in [-0.15, -0.1) is 0 Å². The van der Waals surface area contributed by atoms with E-state index in [2.05, 4.69) is 29.1 Å². The second kappa shape index (κ2) is 5.93. The van der Waals surface area contributed by atoms with Crippen molar-refractivity contribution in [3.63, 3.8) is 0 Å². The lowest BCUT2D eigenvalue weighted by Gasteiger charge is -2.20. The highest BCUT2D eigenvalue weighted by atomic mass is 16.1. The summed E-state index contributed by atoms with van der Waals surface area (Å²) in [5.41, 5.74) is 2.15. The van der Waals surface area contributed by atoms with Crippen LogP contribution in [0.5, 0.6) is 0 Å². The number of benzene rings is 1. The van der Waals surface area contributed by atoms with Crippen molar-refractivity contribution in [2.75, 3.05) is 13.1 Å². The van der Waals surface area contributed by atoms with Crippen LogP contribution in [0, 0.1) is 5.92 Å². The Morgan fingerprint density at radius 2 is 2.04 bits per heavy atom. The molecule has 2 aliphatic rings. The predicted molar refractivity (Wildman–Crippen MR) is 91.0 cm³/mol. The molecule has 2 aromatic rings. The fourth-order valence-electron chi connectivity index (χ4n) is 3.84. The molecular weight excluding hydrogens is 286 g/mol. The number of nitrogens with zero attached hydrogens (tertiary/aromatic N) is 3. The van der Waals surface area contributed by atoms with Crippen molar-refractivity contribution >= 4 is 0 Å². The van der Waals surface area contributed by atoms with Crippen LogP contribution in [0.15, 0.2) is 47.4 Å². The van der Waals surface area contributed by atoms with Gasteiger partial charge in [-0.05, 0) is 68.3 Å². The molecule has 1 saturated heterocycles. The topological polar surface area (TPSA) is 38.1 Å². The summed E-state index contributed by atoms with van der Waals surface area (Å²) >= 11 is 0. The third-order valence-electron chi connectivity index (χ3n) is 5.36. The van der Waals surface area contributed by atoms with E-state index < -0.39 is 0 Å². The van der Waals surface area contributed by atoms with Gasteiger partial charge in [0.1, 0.15) is 0 Å². The summed E-state index contributed by atoms with van der Waals surface area (Å²) in [6.45, 7) is 4.86. The fourth-order valence-corrected chi connectivity index (χ4v) is 3.84. The van der Waals surface area contributed by atoms with E-state index in [1.54, 1.807) is 12.3 Å². The maximum Gasteiger partial charge on any atom is 0.271 e. The summed E-state index contributed by atoms with van der Waals surface area (Å²) < 4.78 is 1.44. The molecule has 1 saturated carbocycles. The van der Waals surface area contributed by atoms with E-state index in [0.29, 0.717) is 5.92 Å². The molecule has 4 rings (SSSR count). The monoisotopic (exact) mass is 309 g/mol. The average molecular weight is 309 g/mol. The van der Waals surface area contributed by atoms with Gasteiger partial charge in [0.05, 0.1) is 5.69 Å². The zero-order valence-corrected chi connectivity index (χ0v) is 13.6. The Kier molecular flexibility index (Phi) is 3.77. The number of hydrogen-bond acceptors (Lipinski definition) is 3. The molecule has 2 heterocycles. The maximum atomic E-state index is 11.8. The predicted octanol–water partition coefficient (Wildman–Crippen LogP) is 2.82. The second-order valence-electron chi connectivity index (χ2n) is 6.95. The van der Waals surface area contributed by atoms with Crippen LogP contribution in [0.1, 0.15) is 37.7 Å². The molecule has 1 aliphatic carbocycles. The van der Waals surface area contributed by atoms with Crippen molar-refractivity contribution in [2.24, 2.45) is 5.92 Å². The molecule has 4 nitrogen and oxygen atoms in total. The van der Waals surface area contributed by atoms with E-state index in [0.717, 1.165) is 17.6 Å². The minimum Gasteiger partial charge on any atom is -0.300 e. The van der Waals surface area contributed by atoms with Crippen molar-refractivity contribution in [3.05, 3.63) is 58.5 Å². The number of hydrogen-bond donors (Lipinski definition) is 0. The van der Waals surface area contributed by atoms with Gasteiger partial charge in [0.15, 0.2) is 0 Å². The summed E-state index contributed by atoms with van der Waals surface area (Å²) in [5.74, 6) is 1.50. The Hall–Kier alpha value is -1.94. The van der Waals surface area contributed by atoms with Crippen LogP contribution >= 0.6 is 0 Å². The second-order valence-corrected chi connectivity index (χ2v) is 6.95. The first-order valence-electron chi connectivity index (χ1n) is 8.61. The van der Waals surface area contributed by atoms with Crippen molar-refractivity contribution in [3.8, 4) is 5.69 Å². The van der Waals surface area contributed by atoms with Gasteiger partial charge in [-0.25, -0.2) is 0 Å². The van der Waals surface area contributed by atoms with Gasteiger partial charge in [0, 0.05) is 24.8 Å². The van der Waals surface area contributed by atoms with E-state index >= 15 is 0 Å². The summed E-state index contributed by atoms with van der Waals surface area (Å²) in [6.07, 6.45) is 5.65. The molecule has 120 valence electrons. The number of rotatable bonds is 4. The Morgan fingerprint density at radius 1 is 1.22 bits per heavy atom. The molecular formula is C19H23N3O. The molecule has 0 spiro atoms. The molecule has 1 aromatic heterocycles. The Balaban J connectivity index is 1.44. The Labute approximate surface area is 136 Å². The lowest BCUT2D eigenvalue weighted by molar-refractivity contribution is 0.256. The minimum absolute atomic E-state index is 0.0902. The van der Waals surface area contributed by atoms with E-state index in [-0.39, 0.29) is 5.56 Å². The van der Waals surface area contributed by atoms with Gasteiger partial charge in [0.25, 0.3) is 5.56 Å². The molecule has 0 unspecified atom stereocenters. The van der Waals surface area contributed by atoms with E-state index in [1.165, 1.54) is 48.7 Å². The first-order chi connectivity index (χ1) is 11.2. The van der Waals surface area contributed by atoms with Gasteiger partial charge >= 0.3 is 0 Å². The SMILES string of the molecule is C[C@H]1CCCN1C[C@@H]1C[C@H]1c1ccc(-n2ncccc2=O)cc1. The van der Waals surface area contributed by atoms with Crippen LogP contribution < -0.4 is 5.56 Å². The molecule has 0 amide bonds. The summed E-state index contributed by atoms with van der Waals surface area (Å²) in [6, 6.07) is 12.3. The summed E-state index contributed by atoms with van der Waals surface area (Å²) in [5, 5.41) is 4.13. The molecule has 2 fully saturated rings. The van der Waals surface area contributed by atoms with Crippen LogP contribution in [0.3, 0.4) is 0 Å². The van der Waals surface area contributed by atoms with Crippen LogP contribution in [0.2, 0.25) is 0 Å². The molecule has 1 aromatic carbocycles. The van der Waals surface area contributed by atoms with Crippen LogP contribution in [-0.2, 0) is 0 Å². The largest absolute Gasteiger partial charge is 0.300 e. The zero-order valence-electron chi connectivity index (χ0n) is 13.6. The maximum absolute atomic E-state index is 11.8. The molecule has 3 atom stereocenters. The van der Waals surface area contributed by atoms with Gasteiger partial charge in [-0.1, -0.05) is 12.1 Å². The van der Waals surface area contributed by atoms with Crippen molar-refractivity contribution in [1.29, 1.82) is 0 Å². The highest BCUT2D eigenvalue weighted by Crippen LogP contribution is 2.48. The van der Waals surface area contributed by atoms with Crippen LogP contribution in [0.25, 0.3) is 5.69 Å². The molecule has 0 radical (unpaired) electrons. The molecule has 1 aliphatic heterocycles. The average Bonchev–Trinajstić information content (AvgIpc) is 3.22. The standard InChI is InChI=1S/C19H23N3O/c1-14-4-3-11-21(14)13-16-12-18(16)15-6-8-17(9-7-15)22-19(23)5-2-10-20-22/h2,5-10,14,16,18H,3-4,11-13H2,1H3/t14-,16-,18-/m0/s1. The summed E-state index contributed by atoms with van der Waals surface area (Å²) in [7, 11) is 0. The minimum atomic E-state index is -0.0902. The van der Waals surface area contributed by atoms with E-state index in [4.69, 9.17) is 0 Å². The van der Waals surface area contributed by atoms with Crippen molar-refractivity contribution < 1.29 is 0 Å². The van der Waals surface area contributed by atoms with Gasteiger partial charge in [-0.3, -0.25) is 4.79 Å². The number of likely N-dealkylation sites (tertiary alicyclic amines) is 1. The smallest absolute Gasteiger partial charge is 0.271 e. The number of aromatic nitrogens is 2.